The van der Waals surface area contributed by atoms with Gasteiger partial charge in [-0.15, -0.1) is 0 Å². The normalized spacial score (nSPS) is 9.95. The Kier molecular flexibility index (Phi) is 5.49. The second kappa shape index (κ2) is 7.56. The highest BCUT2D eigenvalue weighted by molar-refractivity contribution is 6.30. The number of ether oxygens (including phenoxy) is 2. The summed E-state index contributed by atoms with van der Waals surface area (Å²) in [5.41, 5.74) is 1.42. The van der Waals surface area contributed by atoms with Crippen molar-refractivity contribution in [3.63, 3.8) is 0 Å². The molecule has 0 aliphatic heterocycles. The van der Waals surface area contributed by atoms with E-state index in [-0.39, 0.29) is 12.5 Å². The first-order valence-electron chi connectivity index (χ1n) is 6.63. The van der Waals surface area contributed by atoms with Gasteiger partial charge in [0.2, 0.25) is 5.91 Å². The number of carbonyl (C=O) groups excluding carboxylic acids is 1. The lowest BCUT2D eigenvalue weighted by atomic mass is 10.2. The minimum atomic E-state index is -0.174. The number of benzene rings is 2. The van der Waals surface area contributed by atoms with Gasteiger partial charge in [0.15, 0.2) is 11.5 Å². The number of halogens is 1. The molecule has 116 valence electrons. The van der Waals surface area contributed by atoms with Gasteiger partial charge in [0.05, 0.1) is 20.8 Å². The Morgan fingerprint density at radius 3 is 2.50 bits per heavy atom. The van der Waals surface area contributed by atoms with Crippen molar-refractivity contribution in [1.82, 2.24) is 0 Å². The summed E-state index contributed by atoms with van der Waals surface area (Å²) < 4.78 is 10.3. The van der Waals surface area contributed by atoms with Crippen molar-refractivity contribution in [1.29, 1.82) is 0 Å². The minimum Gasteiger partial charge on any atom is -0.493 e. The quantitative estimate of drug-likeness (QED) is 0.856. The second-order valence-electron chi connectivity index (χ2n) is 4.48. The first-order valence-corrected chi connectivity index (χ1v) is 7.01. The van der Waals surface area contributed by atoms with Gasteiger partial charge in [-0.3, -0.25) is 4.79 Å². The summed E-state index contributed by atoms with van der Waals surface area (Å²) in [7, 11) is 3.11. The van der Waals surface area contributed by atoms with Gasteiger partial charge in [-0.25, -0.2) is 0 Å². The van der Waals surface area contributed by atoms with Crippen molar-refractivity contribution in [2.24, 2.45) is 0 Å². The van der Waals surface area contributed by atoms with E-state index in [0.717, 1.165) is 5.69 Å². The Labute approximate surface area is 134 Å². The fraction of sp³-hybridized carbons (Fsp3) is 0.188. The van der Waals surface area contributed by atoms with Crippen molar-refractivity contribution in [3.05, 3.63) is 47.5 Å². The topological polar surface area (TPSA) is 59.6 Å². The molecule has 22 heavy (non-hydrogen) atoms. The molecule has 1 amide bonds. The summed E-state index contributed by atoms with van der Waals surface area (Å²) in [5.74, 6) is 0.993. The standard InChI is InChI=1S/C16H17ClN2O3/c1-21-14-7-6-13(9-15(14)22-2)19-16(20)10-18-12-5-3-4-11(17)8-12/h3-9,18H,10H2,1-2H3,(H,19,20). The fourth-order valence-corrected chi connectivity index (χ4v) is 2.09. The van der Waals surface area contributed by atoms with Crippen LogP contribution in [0.5, 0.6) is 11.5 Å². The first-order chi connectivity index (χ1) is 10.6. The Bertz CT molecular complexity index is 662. The number of hydrogen-bond donors (Lipinski definition) is 2. The Hall–Kier alpha value is -2.40. The predicted molar refractivity (Wildman–Crippen MR) is 88.1 cm³/mol. The molecule has 2 aromatic rings. The van der Waals surface area contributed by atoms with Crippen molar-refractivity contribution >= 4 is 28.9 Å². The van der Waals surface area contributed by atoms with Crippen molar-refractivity contribution in [2.45, 2.75) is 0 Å². The number of nitrogens with one attached hydrogen (secondary N) is 2. The summed E-state index contributed by atoms with van der Waals surface area (Å²) in [6.07, 6.45) is 0. The van der Waals surface area contributed by atoms with Crippen molar-refractivity contribution in [3.8, 4) is 11.5 Å². The molecule has 0 fully saturated rings. The van der Waals surface area contributed by atoms with Crippen LogP contribution in [0.3, 0.4) is 0 Å². The van der Waals surface area contributed by atoms with E-state index in [9.17, 15) is 4.79 Å². The van der Waals surface area contributed by atoms with Crippen LogP contribution in [-0.4, -0.2) is 26.7 Å². The lowest BCUT2D eigenvalue weighted by Gasteiger charge is -2.11. The SMILES string of the molecule is COc1ccc(NC(=O)CNc2cccc(Cl)c2)cc1OC. The predicted octanol–water partition coefficient (Wildman–Crippen LogP) is 3.41. The van der Waals surface area contributed by atoms with E-state index in [1.807, 2.05) is 12.1 Å². The van der Waals surface area contributed by atoms with E-state index in [2.05, 4.69) is 10.6 Å². The minimum absolute atomic E-state index is 0.134. The van der Waals surface area contributed by atoms with Crippen LogP contribution in [0.4, 0.5) is 11.4 Å². The molecular formula is C16H17ClN2O3. The molecule has 0 radical (unpaired) electrons. The summed E-state index contributed by atoms with van der Waals surface area (Å²) in [6.45, 7) is 0.134. The molecule has 0 aromatic heterocycles. The van der Waals surface area contributed by atoms with Gasteiger partial charge in [0.1, 0.15) is 0 Å². The summed E-state index contributed by atoms with van der Waals surface area (Å²) in [5, 5.41) is 6.40. The number of carbonyl (C=O) groups is 1. The molecule has 0 heterocycles. The van der Waals surface area contributed by atoms with Crippen molar-refractivity contribution in [2.75, 3.05) is 31.4 Å². The zero-order valence-corrected chi connectivity index (χ0v) is 13.1. The number of anilines is 2. The van der Waals surface area contributed by atoms with E-state index in [1.165, 1.54) is 0 Å². The molecule has 0 bridgehead atoms. The van der Waals surface area contributed by atoms with E-state index in [1.54, 1.807) is 44.6 Å². The molecule has 2 aromatic carbocycles. The number of hydrogen-bond acceptors (Lipinski definition) is 4. The maximum atomic E-state index is 11.9. The lowest BCUT2D eigenvalue weighted by molar-refractivity contribution is -0.114. The fourth-order valence-electron chi connectivity index (χ4n) is 1.90. The van der Waals surface area contributed by atoms with Crippen LogP contribution in [0.25, 0.3) is 0 Å². The summed E-state index contributed by atoms with van der Waals surface area (Å²) in [4.78, 5) is 11.9. The van der Waals surface area contributed by atoms with Crippen LogP contribution >= 0.6 is 11.6 Å². The van der Waals surface area contributed by atoms with Crippen LogP contribution in [0.1, 0.15) is 0 Å². The third kappa shape index (κ3) is 4.30. The Morgan fingerprint density at radius 1 is 1.05 bits per heavy atom. The van der Waals surface area contributed by atoms with Gasteiger partial charge < -0.3 is 20.1 Å². The third-order valence-corrected chi connectivity index (χ3v) is 3.18. The molecule has 0 unspecified atom stereocenters. The van der Waals surface area contributed by atoms with Crippen LogP contribution in [0.2, 0.25) is 5.02 Å². The number of methoxy groups -OCH3 is 2. The highest BCUT2D eigenvalue weighted by Crippen LogP contribution is 2.29. The molecule has 0 aliphatic carbocycles. The van der Waals surface area contributed by atoms with Crippen molar-refractivity contribution < 1.29 is 14.3 Å². The van der Waals surface area contributed by atoms with E-state index in [4.69, 9.17) is 21.1 Å². The zero-order chi connectivity index (χ0) is 15.9. The Morgan fingerprint density at radius 2 is 1.82 bits per heavy atom. The monoisotopic (exact) mass is 320 g/mol. The average molecular weight is 321 g/mol. The summed E-state index contributed by atoms with van der Waals surface area (Å²) >= 11 is 5.89. The van der Waals surface area contributed by atoms with E-state index in [0.29, 0.717) is 22.2 Å². The van der Waals surface area contributed by atoms with Gasteiger partial charge in [-0.2, -0.15) is 0 Å². The molecule has 0 saturated carbocycles. The van der Waals surface area contributed by atoms with Gasteiger partial charge >= 0.3 is 0 Å². The average Bonchev–Trinajstić information content (AvgIpc) is 2.53. The molecule has 6 heteroatoms. The highest BCUT2D eigenvalue weighted by atomic mass is 35.5. The van der Waals surface area contributed by atoms with E-state index < -0.39 is 0 Å². The van der Waals surface area contributed by atoms with E-state index >= 15 is 0 Å². The van der Waals surface area contributed by atoms with Gasteiger partial charge in [-0.05, 0) is 30.3 Å². The zero-order valence-electron chi connectivity index (χ0n) is 12.4. The summed E-state index contributed by atoms with van der Waals surface area (Å²) in [6, 6.07) is 12.4. The lowest BCUT2D eigenvalue weighted by Crippen LogP contribution is -2.21. The maximum absolute atomic E-state index is 11.9. The van der Waals surface area contributed by atoms with Crippen LogP contribution in [0.15, 0.2) is 42.5 Å². The molecule has 5 nitrogen and oxygen atoms in total. The van der Waals surface area contributed by atoms with Crippen LogP contribution in [0, 0.1) is 0 Å². The Balaban J connectivity index is 1.94. The smallest absolute Gasteiger partial charge is 0.243 e. The van der Waals surface area contributed by atoms with Crippen LogP contribution < -0.4 is 20.1 Å². The molecule has 0 aliphatic rings. The molecule has 2 rings (SSSR count). The second-order valence-corrected chi connectivity index (χ2v) is 4.92. The number of rotatable bonds is 6. The van der Waals surface area contributed by atoms with Gasteiger partial charge in [0, 0.05) is 22.5 Å². The molecule has 0 atom stereocenters. The maximum Gasteiger partial charge on any atom is 0.243 e. The third-order valence-electron chi connectivity index (χ3n) is 2.94. The van der Waals surface area contributed by atoms with Crippen LogP contribution in [-0.2, 0) is 4.79 Å². The molecule has 0 spiro atoms. The highest BCUT2D eigenvalue weighted by Gasteiger charge is 2.07. The first kappa shape index (κ1) is 16.0. The molecule has 0 saturated heterocycles. The largest absolute Gasteiger partial charge is 0.493 e. The molecular weight excluding hydrogens is 304 g/mol. The van der Waals surface area contributed by atoms with Gasteiger partial charge in [0.25, 0.3) is 0 Å². The molecule has 2 N–H and O–H groups in total. The van der Waals surface area contributed by atoms with Gasteiger partial charge in [-0.1, -0.05) is 17.7 Å². The number of amides is 1.